The van der Waals surface area contributed by atoms with Crippen molar-refractivity contribution in [2.45, 2.75) is 31.8 Å². The summed E-state index contributed by atoms with van der Waals surface area (Å²) in [4.78, 5) is 18.9. The molecule has 20 heavy (non-hydrogen) atoms. The fraction of sp³-hybridized carbons (Fsp3) is 0.600. The summed E-state index contributed by atoms with van der Waals surface area (Å²) in [5.74, 6) is 0.769. The Hall–Kier alpha value is -1.62. The number of ether oxygens (including phenoxy) is 1. The number of carbonyl (C=O) groups is 1. The van der Waals surface area contributed by atoms with E-state index < -0.39 is 0 Å². The van der Waals surface area contributed by atoms with Crippen molar-refractivity contribution in [2.24, 2.45) is 0 Å². The zero-order valence-electron chi connectivity index (χ0n) is 11.7. The van der Waals surface area contributed by atoms with E-state index >= 15 is 0 Å². The van der Waals surface area contributed by atoms with E-state index in [-0.39, 0.29) is 12.0 Å². The van der Waals surface area contributed by atoms with Gasteiger partial charge in [0.2, 0.25) is 0 Å². The Kier molecular flexibility index (Phi) is 4.16. The molecule has 0 bridgehead atoms. The van der Waals surface area contributed by atoms with Crippen molar-refractivity contribution in [3.05, 3.63) is 23.9 Å². The Morgan fingerprint density at radius 2 is 2.25 bits per heavy atom. The van der Waals surface area contributed by atoms with Crippen LogP contribution in [0.15, 0.2) is 18.3 Å². The highest BCUT2D eigenvalue weighted by molar-refractivity contribution is 5.98. The number of aromatic nitrogens is 1. The van der Waals surface area contributed by atoms with Gasteiger partial charge >= 0.3 is 0 Å². The molecule has 2 saturated heterocycles. The lowest BCUT2D eigenvalue weighted by molar-refractivity contribution is 0.0858. The van der Waals surface area contributed by atoms with E-state index in [1.807, 2.05) is 12.1 Å². The molecule has 2 fully saturated rings. The Morgan fingerprint density at radius 3 is 3.00 bits per heavy atom. The number of nitrogens with one attached hydrogen (secondary N) is 1. The van der Waals surface area contributed by atoms with E-state index in [4.69, 9.17) is 4.74 Å². The summed E-state index contributed by atoms with van der Waals surface area (Å²) in [5, 5.41) is 2.97. The van der Waals surface area contributed by atoms with Gasteiger partial charge in [0.05, 0.1) is 11.7 Å². The lowest BCUT2D eigenvalue weighted by Crippen LogP contribution is -2.33. The minimum Gasteiger partial charge on any atom is -0.376 e. The molecule has 108 valence electrons. The van der Waals surface area contributed by atoms with Gasteiger partial charge in [-0.05, 0) is 37.8 Å². The van der Waals surface area contributed by atoms with Crippen molar-refractivity contribution >= 4 is 11.7 Å². The first kappa shape index (κ1) is 13.4. The maximum absolute atomic E-state index is 12.3. The van der Waals surface area contributed by atoms with Gasteiger partial charge in [0.1, 0.15) is 5.82 Å². The van der Waals surface area contributed by atoms with Crippen LogP contribution in [0.5, 0.6) is 0 Å². The number of carbonyl (C=O) groups excluding carboxylic acids is 1. The molecule has 3 heterocycles. The minimum atomic E-state index is -0.0458. The van der Waals surface area contributed by atoms with Crippen molar-refractivity contribution in [3.63, 3.8) is 0 Å². The van der Waals surface area contributed by atoms with Crippen LogP contribution < -0.4 is 10.2 Å². The minimum absolute atomic E-state index is 0.0458. The average molecular weight is 275 g/mol. The number of hydrogen-bond acceptors (Lipinski definition) is 4. The van der Waals surface area contributed by atoms with Crippen molar-refractivity contribution < 1.29 is 9.53 Å². The molecule has 1 atom stereocenters. The lowest BCUT2D eigenvalue weighted by Gasteiger charge is -2.19. The van der Waals surface area contributed by atoms with Crippen LogP contribution in [0.2, 0.25) is 0 Å². The fourth-order valence-corrected chi connectivity index (χ4v) is 2.86. The number of hydrogen-bond donors (Lipinski definition) is 1. The summed E-state index contributed by atoms with van der Waals surface area (Å²) < 4.78 is 5.53. The van der Waals surface area contributed by atoms with Crippen LogP contribution in [-0.2, 0) is 4.74 Å². The molecule has 0 aromatic carbocycles. The van der Waals surface area contributed by atoms with Crippen LogP contribution in [0, 0.1) is 0 Å². The molecule has 2 aliphatic heterocycles. The van der Waals surface area contributed by atoms with E-state index in [1.54, 1.807) is 6.20 Å². The van der Waals surface area contributed by atoms with Gasteiger partial charge in [-0.3, -0.25) is 4.79 Å². The second kappa shape index (κ2) is 6.22. The number of amides is 1. The molecule has 0 spiro atoms. The van der Waals surface area contributed by atoms with Gasteiger partial charge in [-0.15, -0.1) is 0 Å². The summed E-state index contributed by atoms with van der Waals surface area (Å²) >= 11 is 0. The SMILES string of the molecule is O=C(NCC1CCCO1)c1cccnc1N1CCCC1. The summed E-state index contributed by atoms with van der Waals surface area (Å²) in [5.41, 5.74) is 0.674. The molecule has 2 aliphatic rings. The topological polar surface area (TPSA) is 54.5 Å². The molecule has 1 aromatic heterocycles. The third-order valence-corrected chi connectivity index (χ3v) is 3.95. The van der Waals surface area contributed by atoms with Gasteiger partial charge in [-0.2, -0.15) is 0 Å². The second-order valence-corrected chi connectivity index (χ2v) is 5.41. The second-order valence-electron chi connectivity index (χ2n) is 5.41. The summed E-state index contributed by atoms with van der Waals surface area (Å²) in [6.45, 7) is 3.38. The average Bonchev–Trinajstić information content (AvgIpc) is 3.18. The maximum atomic E-state index is 12.3. The van der Waals surface area contributed by atoms with Gasteiger partial charge in [0.25, 0.3) is 5.91 Å². The number of nitrogens with zero attached hydrogens (tertiary/aromatic N) is 2. The van der Waals surface area contributed by atoms with Gasteiger partial charge in [-0.25, -0.2) is 4.98 Å². The van der Waals surface area contributed by atoms with Crippen LogP contribution in [0.1, 0.15) is 36.0 Å². The Bertz CT molecular complexity index is 466. The van der Waals surface area contributed by atoms with Gasteiger partial charge in [-0.1, -0.05) is 0 Å². The first-order chi connectivity index (χ1) is 9.84. The zero-order chi connectivity index (χ0) is 13.8. The van der Waals surface area contributed by atoms with Crippen LogP contribution in [0.3, 0.4) is 0 Å². The molecule has 1 N–H and O–H groups in total. The Balaban J connectivity index is 1.67. The number of pyridine rings is 1. The van der Waals surface area contributed by atoms with E-state index in [0.717, 1.165) is 38.4 Å². The third-order valence-electron chi connectivity index (χ3n) is 3.95. The molecule has 5 heteroatoms. The van der Waals surface area contributed by atoms with Crippen molar-refractivity contribution in [3.8, 4) is 0 Å². The predicted octanol–water partition coefficient (Wildman–Crippen LogP) is 1.59. The monoisotopic (exact) mass is 275 g/mol. The highest BCUT2D eigenvalue weighted by atomic mass is 16.5. The quantitative estimate of drug-likeness (QED) is 0.906. The molecule has 0 saturated carbocycles. The van der Waals surface area contributed by atoms with Crippen LogP contribution >= 0.6 is 0 Å². The molecule has 1 amide bonds. The Morgan fingerprint density at radius 1 is 1.40 bits per heavy atom. The van der Waals surface area contributed by atoms with Gasteiger partial charge in [0.15, 0.2) is 0 Å². The normalized spacial score (nSPS) is 22.2. The van der Waals surface area contributed by atoms with Gasteiger partial charge in [0, 0.05) is 32.4 Å². The standard InChI is InChI=1S/C15H21N3O2/c19-15(17-11-12-5-4-10-20-12)13-6-3-7-16-14(13)18-8-1-2-9-18/h3,6-7,12H,1-2,4-5,8-11H2,(H,17,19). The van der Waals surface area contributed by atoms with Gasteiger partial charge < -0.3 is 15.0 Å². The molecular weight excluding hydrogens is 254 g/mol. The highest BCUT2D eigenvalue weighted by Crippen LogP contribution is 2.21. The van der Waals surface area contributed by atoms with E-state index in [1.165, 1.54) is 12.8 Å². The fourth-order valence-electron chi connectivity index (χ4n) is 2.86. The number of anilines is 1. The predicted molar refractivity (Wildman–Crippen MR) is 77.0 cm³/mol. The third kappa shape index (κ3) is 2.93. The molecule has 5 nitrogen and oxygen atoms in total. The van der Waals surface area contributed by atoms with E-state index in [2.05, 4.69) is 15.2 Å². The van der Waals surface area contributed by atoms with Crippen LogP contribution in [-0.4, -0.2) is 43.2 Å². The first-order valence-electron chi connectivity index (χ1n) is 7.44. The smallest absolute Gasteiger partial charge is 0.255 e. The molecule has 0 radical (unpaired) electrons. The van der Waals surface area contributed by atoms with Crippen LogP contribution in [0.4, 0.5) is 5.82 Å². The van der Waals surface area contributed by atoms with E-state index in [9.17, 15) is 4.79 Å². The largest absolute Gasteiger partial charge is 0.376 e. The highest BCUT2D eigenvalue weighted by Gasteiger charge is 2.22. The summed E-state index contributed by atoms with van der Waals surface area (Å²) in [7, 11) is 0. The molecule has 3 rings (SSSR count). The molecule has 1 unspecified atom stereocenters. The Labute approximate surface area is 119 Å². The first-order valence-corrected chi connectivity index (χ1v) is 7.44. The van der Waals surface area contributed by atoms with Crippen LogP contribution in [0.25, 0.3) is 0 Å². The van der Waals surface area contributed by atoms with E-state index in [0.29, 0.717) is 12.1 Å². The van der Waals surface area contributed by atoms with Crippen molar-refractivity contribution in [1.29, 1.82) is 0 Å². The van der Waals surface area contributed by atoms with Crippen molar-refractivity contribution in [1.82, 2.24) is 10.3 Å². The molecule has 0 aliphatic carbocycles. The lowest BCUT2D eigenvalue weighted by atomic mass is 10.2. The molecular formula is C15H21N3O2. The summed E-state index contributed by atoms with van der Waals surface area (Å²) in [6, 6.07) is 3.67. The zero-order valence-corrected chi connectivity index (χ0v) is 11.7. The molecule has 1 aromatic rings. The van der Waals surface area contributed by atoms with Crippen molar-refractivity contribution in [2.75, 3.05) is 31.1 Å². The maximum Gasteiger partial charge on any atom is 0.255 e. The number of rotatable bonds is 4. The summed E-state index contributed by atoms with van der Waals surface area (Å²) in [6.07, 6.45) is 6.40.